The monoisotopic (exact) mass is 251 g/mol. The fraction of sp³-hybridized carbons (Fsp3) is 0.714. The molecule has 0 fully saturated rings. The molecule has 0 aliphatic heterocycles. The molecule has 0 bridgehead atoms. The lowest BCUT2D eigenvalue weighted by Gasteiger charge is -2.29. The molecule has 0 aliphatic carbocycles. The first kappa shape index (κ1) is 14.9. The van der Waals surface area contributed by atoms with Gasteiger partial charge in [0.25, 0.3) is 0 Å². The highest BCUT2D eigenvalue weighted by Gasteiger charge is 2.29. The van der Waals surface area contributed by atoms with Crippen LogP contribution in [0, 0.1) is 5.41 Å². The standard InChI is InChI=1S/C14H25N3O/c1-6-8-10-9-11(15)17-13(16-10)12(18-7-2)14(3,4)5/h9,12H,6-8H2,1-5H3,(H2,15,16,17). The Morgan fingerprint density at radius 3 is 2.44 bits per heavy atom. The predicted octanol–water partition coefficient (Wildman–Crippen LogP) is 3.14. The topological polar surface area (TPSA) is 61.0 Å². The Hall–Kier alpha value is -1.16. The molecule has 1 heterocycles. The van der Waals surface area contributed by atoms with Gasteiger partial charge < -0.3 is 10.5 Å². The second-order valence-corrected chi connectivity index (χ2v) is 5.59. The highest BCUT2D eigenvalue weighted by molar-refractivity contribution is 5.30. The number of nitrogens with two attached hydrogens (primary N) is 1. The van der Waals surface area contributed by atoms with E-state index in [9.17, 15) is 0 Å². The van der Waals surface area contributed by atoms with Crippen LogP contribution < -0.4 is 5.73 Å². The van der Waals surface area contributed by atoms with Crippen LogP contribution in [-0.4, -0.2) is 16.6 Å². The number of rotatable bonds is 5. The van der Waals surface area contributed by atoms with Crippen LogP contribution in [-0.2, 0) is 11.2 Å². The number of nitrogens with zero attached hydrogens (tertiary/aromatic N) is 2. The second-order valence-electron chi connectivity index (χ2n) is 5.59. The van der Waals surface area contributed by atoms with Crippen LogP contribution in [0.25, 0.3) is 0 Å². The molecule has 1 rings (SSSR count). The van der Waals surface area contributed by atoms with Crippen LogP contribution >= 0.6 is 0 Å². The summed E-state index contributed by atoms with van der Waals surface area (Å²) < 4.78 is 5.80. The molecule has 0 radical (unpaired) electrons. The lowest BCUT2D eigenvalue weighted by atomic mass is 9.88. The van der Waals surface area contributed by atoms with Gasteiger partial charge in [-0.1, -0.05) is 34.1 Å². The van der Waals surface area contributed by atoms with Crippen LogP contribution in [0.15, 0.2) is 6.07 Å². The van der Waals surface area contributed by atoms with Crippen molar-refractivity contribution >= 4 is 5.82 Å². The molecule has 4 nitrogen and oxygen atoms in total. The van der Waals surface area contributed by atoms with Crippen LogP contribution in [0.3, 0.4) is 0 Å². The summed E-state index contributed by atoms with van der Waals surface area (Å²) in [5, 5.41) is 0. The lowest BCUT2D eigenvalue weighted by molar-refractivity contribution is -0.0191. The maximum absolute atomic E-state index is 5.86. The molecule has 0 aromatic carbocycles. The Morgan fingerprint density at radius 2 is 1.94 bits per heavy atom. The molecule has 0 amide bonds. The van der Waals surface area contributed by atoms with Crippen molar-refractivity contribution in [2.24, 2.45) is 5.41 Å². The summed E-state index contributed by atoms with van der Waals surface area (Å²) in [4.78, 5) is 8.94. The molecule has 0 saturated heterocycles. The maximum atomic E-state index is 5.86. The van der Waals surface area contributed by atoms with Crippen molar-refractivity contribution in [3.8, 4) is 0 Å². The Labute approximate surface area is 110 Å². The predicted molar refractivity (Wildman–Crippen MR) is 74.3 cm³/mol. The number of anilines is 1. The molecule has 2 N–H and O–H groups in total. The largest absolute Gasteiger partial charge is 0.384 e. The van der Waals surface area contributed by atoms with E-state index in [-0.39, 0.29) is 11.5 Å². The van der Waals surface area contributed by atoms with Crippen molar-refractivity contribution in [3.63, 3.8) is 0 Å². The van der Waals surface area contributed by atoms with Gasteiger partial charge in [-0.15, -0.1) is 0 Å². The van der Waals surface area contributed by atoms with Crippen molar-refractivity contribution in [1.29, 1.82) is 0 Å². The fourth-order valence-corrected chi connectivity index (χ4v) is 1.92. The summed E-state index contributed by atoms with van der Waals surface area (Å²) in [5.74, 6) is 1.23. The zero-order valence-corrected chi connectivity index (χ0v) is 12.2. The van der Waals surface area contributed by atoms with E-state index in [1.165, 1.54) is 0 Å². The molecule has 1 aromatic heterocycles. The van der Waals surface area contributed by atoms with Crippen molar-refractivity contribution in [2.75, 3.05) is 12.3 Å². The first-order chi connectivity index (χ1) is 8.38. The molecule has 0 saturated carbocycles. The van der Waals surface area contributed by atoms with E-state index in [1.807, 2.05) is 13.0 Å². The first-order valence-corrected chi connectivity index (χ1v) is 6.63. The highest BCUT2D eigenvalue weighted by atomic mass is 16.5. The third-order valence-corrected chi connectivity index (χ3v) is 2.68. The fourth-order valence-electron chi connectivity index (χ4n) is 1.92. The molecule has 18 heavy (non-hydrogen) atoms. The van der Waals surface area contributed by atoms with E-state index in [4.69, 9.17) is 10.5 Å². The van der Waals surface area contributed by atoms with Crippen molar-refractivity contribution in [3.05, 3.63) is 17.6 Å². The van der Waals surface area contributed by atoms with Gasteiger partial charge in [-0.2, -0.15) is 0 Å². The summed E-state index contributed by atoms with van der Waals surface area (Å²) in [6, 6.07) is 1.85. The molecule has 1 unspecified atom stereocenters. The molecular formula is C14H25N3O. The van der Waals surface area contributed by atoms with Gasteiger partial charge >= 0.3 is 0 Å². The number of nitrogen functional groups attached to an aromatic ring is 1. The Morgan fingerprint density at radius 1 is 1.28 bits per heavy atom. The number of aryl methyl sites for hydroxylation is 1. The zero-order valence-electron chi connectivity index (χ0n) is 12.2. The number of ether oxygens (including phenoxy) is 1. The summed E-state index contributed by atoms with van der Waals surface area (Å²) in [6.45, 7) is 11.1. The van der Waals surface area contributed by atoms with Gasteiger partial charge in [-0.25, -0.2) is 9.97 Å². The molecular weight excluding hydrogens is 226 g/mol. The van der Waals surface area contributed by atoms with Gasteiger partial charge in [-0.05, 0) is 18.8 Å². The summed E-state index contributed by atoms with van der Waals surface area (Å²) in [6.07, 6.45) is 1.84. The smallest absolute Gasteiger partial charge is 0.160 e. The van der Waals surface area contributed by atoms with E-state index in [0.29, 0.717) is 18.2 Å². The summed E-state index contributed by atoms with van der Waals surface area (Å²) >= 11 is 0. The van der Waals surface area contributed by atoms with Crippen molar-refractivity contribution in [1.82, 2.24) is 9.97 Å². The van der Waals surface area contributed by atoms with E-state index in [2.05, 4.69) is 37.7 Å². The van der Waals surface area contributed by atoms with E-state index in [1.54, 1.807) is 0 Å². The maximum Gasteiger partial charge on any atom is 0.160 e. The molecule has 102 valence electrons. The van der Waals surface area contributed by atoms with Gasteiger partial charge in [0.2, 0.25) is 0 Å². The van der Waals surface area contributed by atoms with Gasteiger partial charge in [0.05, 0.1) is 0 Å². The normalized spacial score (nSPS) is 13.6. The minimum Gasteiger partial charge on any atom is -0.384 e. The Balaban J connectivity index is 3.11. The average Bonchev–Trinajstić information content (AvgIpc) is 2.23. The number of aromatic nitrogens is 2. The number of hydrogen-bond acceptors (Lipinski definition) is 4. The molecule has 0 spiro atoms. The van der Waals surface area contributed by atoms with Crippen molar-refractivity contribution in [2.45, 2.75) is 53.6 Å². The van der Waals surface area contributed by atoms with Gasteiger partial charge in [0.1, 0.15) is 11.9 Å². The van der Waals surface area contributed by atoms with Crippen molar-refractivity contribution < 1.29 is 4.74 Å². The van der Waals surface area contributed by atoms with Gasteiger partial charge in [-0.3, -0.25) is 0 Å². The van der Waals surface area contributed by atoms with E-state index < -0.39 is 0 Å². The Kier molecular flexibility index (Phi) is 5.08. The van der Waals surface area contributed by atoms with Crippen LogP contribution in [0.4, 0.5) is 5.82 Å². The lowest BCUT2D eigenvalue weighted by Crippen LogP contribution is -2.24. The first-order valence-electron chi connectivity index (χ1n) is 6.63. The quantitative estimate of drug-likeness (QED) is 0.873. The SMILES string of the molecule is CCCc1cc(N)nc(C(OCC)C(C)(C)C)n1. The molecule has 1 atom stereocenters. The minimum absolute atomic E-state index is 0.0483. The van der Waals surface area contributed by atoms with Gasteiger partial charge in [0, 0.05) is 18.4 Å². The third-order valence-electron chi connectivity index (χ3n) is 2.68. The van der Waals surface area contributed by atoms with Crippen LogP contribution in [0.2, 0.25) is 0 Å². The second kappa shape index (κ2) is 6.14. The summed E-state index contributed by atoms with van der Waals surface area (Å²) in [7, 11) is 0. The van der Waals surface area contributed by atoms with E-state index in [0.717, 1.165) is 18.5 Å². The Bertz CT molecular complexity index is 385. The highest BCUT2D eigenvalue weighted by Crippen LogP contribution is 2.34. The van der Waals surface area contributed by atoms with Crippen LogP contribution in [0.5, 0.6) is 0 Å². The van der Waals surface area contributed by atoms with Crippen LogP contribution in [0.1, 0.15) is 58.7 Å². The molecule has 1 aromatic rings. The molecule has 4 heteroatoms. The number of hydrogen-bond donors (Lipinski definition) is 1. The third kappa shape index (κ3) is 3.95. The van der Waals surface area contributed by atoms with Gasteiger partial charge in [0.15, 0.2) is 5.82 Å². The average molecular weight is 251 g/mol. The summed E-state index contributed by atoms with van der Waals surface area (Å²) in [5.41, 5.74) is 6.81. The van der Waals surface area contributed by atoms with E-state index >= 15 is 0 Å². The minimum atomic E-state index is -0.124. The zero-order chi connectivity index (χ0) is 13.8. The molecule has 0 aliphatic rings.